The third kappa shape index (κ3) is 4.07. The number of aromatic hydroxyl groups is 2. The van der Waals surface area contributed by atoms with Crippen LogP contribution >= 0.6 is 0 Å². The summed E-state index contributed by atoms with van der Waals surface area (Å²) in [5.74, 6) is -0.328. The Bertz CT molecular complexity index is 696. The van der Waals surface area contributed by atoms with E-state index in [9.17, 15) is 15.0 Å². The predicted molar refractivity (Wildman–Crippen MR) is 95.3 cm³/mol. The second-order valence-electron chi connectivity index (χ2n) is 6.30. The number of phenols is 2. The first-order valence-electron chi connectivity index (χ1n) is 8.33. The molecule has 0 spiro atoms. The topological polar surface area (TPSA) is 60.8 Å². The number of rotatable bonds is 6. The second kappa shape index (κ2) is 7.86. The molecule has 0 radical (unpaired) electrons. The van der Waals surface area contributed by atoms with Gasteiger partial charge in [0.05, 0.1) is 5.56 Å². The van der Waals surface area contributed by atoms with Crippen LogP contribution in [0.3, 0.4) is 0 Å². The first-order chi connectivity index (χ1) is 11.4. The average molecular weight is 327 g/mol. The van der Waals surface area contributed by atoms with E-state index in [1.54, 1.807) is 11.0 Å². The molecule has 0 fully saturated rings. The highest BCUT2D eigenvalue weighted by molar-refractivity contribution is 5.97. The summed E-state index contributed by atoms with van der Waals surface area (Å²) in [5, 5.41) is 20.1. The summed E-state index contributed by atoms with van der Waals surface area (Å²) in [4.78, 5) is 14.7. The Morgan fingerprint density at radius 2 is 1.75 bits per heavy atom. The SMILES string of the molecule is CCCN(Cc1ccccc1)C(=O)c1cc(C(C)C)c(O)cc1O. The molecule has 0 unspecified atom stereocenters. The van der Waals surface area contributed by atoms with Gasteiger partial charge in [-0.15, -0.1) is 0 Å². The number of carbonyl (C=O) groups is 1. The van der Waals surface area contributed by atoms with Gasteiger partial charge < -0.3 is 15.1 Å². The molecule has 0 saturated carbocycles. The molecule has 0 heterocycles. The molecule has 2 aromatic rings. The third-order valence-corrected chi connectivity index (χ3v) is 3.99. The maximum absolute atomic E-state index is 12.9. The molecular weight excluding hydrogens is 302 g/mol. The van der Waals surface area contributed by atoms with E-state index in [-0.39, 0.29) is 28.9 Å². The zero-order valence-electron chi connectivity index (χ0n) is 14.5. The summed E-state index contributed by atoms with van der Waals surface area (Å²) in [6, 6.07) is 12.6. The van der Waals surface area contributed by atoms with Gasteiger partial charge in [-0.3, -0.25) is 4.79 Å². The van der Waals surface area contributed by atoms with E-state index >= 15 is 0 Å². The van der Waals surface area contributed by atoms with Gasteiger partial charge in [0.15, 0.2) is 0 Å². The lowest BCUT2D eigenvalue weighted by molar-refractivity contribution is 0.0740. The summed E-state index contributed by atoms with van der Waals surface area (Å²) in [6.45, 7) is 6.99. The summed E-state index contributed by atoms with van der Waals surface area (Å²) in [5.41, 5.74) is 1.94. The monoisotopic (exact) mass is 327 g/mol. The van der Waals surface area contributed by atoms with Crippen molar-refractivity contribution in [1.29, 1.82) is 0 Å². The van der Waals surface area contributed by atoms with E-state index in [0.29, 0.717) is 18.7 Å². The van der Waals surface area contributed by atoms with Gasteiger partial charge in [-0.1, -0.05) is 51.1 Å². The Balaban J connectivity index is 2.34. The highest BCUT2D eigenvalue weighted by atomic mass is 16.3. The third-order valence-electron chi connectivity index (χ3n) is 3.99. The number of carbonyl (C=O) groups excluding carboxylic acids is 1. The van der Waals surface area contributed by atoms with E-state index in [1.165, 1.54) is 6.07 Å². The van der Waals surface area contributed by atoms with Crippen molar-refractivity contribution < 1.29 is 15.0 Å². The first kappa shape index (κ1) is 17.9. The molecule has 4 heteroatoms. The quantitative estimate of drug-likeness (QED) is 0.833. The lowest BCUT2D eigenvalue weighted by Gasteiger charge is -2.23. The molecular formula is C20H25NO3. The molecule has 0 aliphatic heterocycles. The van der Waals surface area contributed by atoms with Gasteiger partial charge >= 0.3 is 0 Å². The van der Waals surface area contributed by atoms with Gasteiger partial charge in [-0.25, -0.2) is 0 Å². The Morgan fingerprint density at radius 1 is 1.08 bits per heavy atom. The number of nitrogens with zero attached hydrogens (tertiary/aromatic N) is 1. The number of amides is 1. The van der Waals surface area contributed by atoms with Gasteiger partial charge in [0.2, 0.25) is 0 Å². The standard InChI is InChI=1S/C20H25NO3/c1-4-10-21(13-15-8-6-5-7-9-15)20(24)17-11-16(14(2)3)18(22)12-19(17)23/h5-9,11-12,14,22-23H,4,10,13H2,1-3H3. The van der Waals surface area contributed by atoms with Crippen LogP contribution in [0.2, 0.25) is 0 Å². The van der Waals surface area contributed by atoms with Gasteiger partial charge in [0.25, 0.3) is 5.91 Å². The average Bonchev–Trinajstić information content (AvgIpc) is 2.54. The Hall–Kier alpha value is -2.49. The van der Waals surface area contributed by atoms with E-state index in [1.807, 2.05) is 51.1 Å². The molecule has 0 atom stereocenters. The molecule has 0 bridgehead atoms. The maximum atomic E-state index is 12.9. The van der Waals surface area contributed by atoms with Gasteiger partial charge in [-0.2, -0.15) is 0 Å². The summed E-state index contributed by atoms with van der Waals surface area (Å²) >= 11 is 0. The van der Waals surface area contributed by atoms with Crippen molar-refractivity contribution in [2.24, 2.45) is 0 Å². The highest BCUT2D eigenvalue weighted by Crippen LogP contribution is 2.33. The van der Waals surface area contributed by atoms with E-state index < -0.39 is 0 Å². The molecule has 0 aliphatic carbocycles. The summed E-state index contributed by atoms with van der Waals surface area (Å²) in [7, 11) is 0. The number of phenolic OH excluding ortho intramolecular Hbond substituents is 2. The smallest absolute Gasteiger partial charge is 0.257 e. The van der Waals surface area contributed by atoms with Crippen LogP contribution in [0.1, 0.15) is 54.6 Å². The van der Waals surface area contributed by atoms with Crippen molar-refractivity contribution in [3.8, 4) is 11.5 Å². The van der Waals surface area contributed by atoms with Crippen LogP contribution in [-0.4, -0.2) is 27.6 Å². The van der Waals surface area contributed by atoms with Crippen molar-refractivity contribution in [2.75, 3.05) is 6.54 Å². The zero-order valence-corrected chi connectivity index (χ0v) is 14.5. The van der Waals surface area contributed by atoms with Crippen molar-refractivity contribution in [3.63, 3.8) is 0 Å². The molecule has 2 rings (SSSR count). The molecule has 0 saturated heterocycles. The molecule has 128 valence electrons. The van der Waals surface area contributed by atoms with Gasteiger partial charge in [0, 0.05) is 19.2 Å². The van der Waals surface area contributed by atoms with Crippen LogP contribution in [0.15, 0.2) is 42.5 Å². The zero-order chi connectivity index (χ0) is 17.7. The van der Waals surface area contributed by atoms with E-state index in [4.69, 9.17) is 0 Å². The number of hydrogen-bond acceptors (Lipinski definition) is 3. The van der Waals surface area contributed by atoms with Gasteiger partial charge in [-0.05, 0) is 29.5 Å². The molecule has 2 N–H and O–H groups in total. The Labute approximate surface area is 143 Å². The van der Waals surface area contributed by atoms with Crippen LogP contribution < -0.4 is 0 Å². The summed E-state index contributed by atoms with van der Waals surface area (Å²) in [6.07, 6.45) is 0.828. The Morgan fingerprint density at radius 3 is 2.33 bits per heavy atom. The number of benzene rings is 2. The Kier molecular flexibility index (Phi) is 5.85. The normalized spacial score (nSPS) is 10.8. The van der Waals surface area contributed by atoms with Crippen molar-refractivity contribution >= 4 is 5.91 Å². The highest BCUT2D eigenvalue weighted by Gasteiger charge is 2.21. The number of hydrogen-bond donors (Lipinski definition) is 2. The first-order valence-corrected chi connectivity index (χ1v) is 8.33. The van der Waals surface area contributed by atoms with Crippen molar-refractivity contribution in [1.82, 2.24) is 4.90 Å². The van der Waals surface area contributed by atoms with Crippen LogP contribution in [-0.2, 0) is 6.54 Å². The second-order valence-corrected chi connectivity index (χ2v) is 6.30. The van der Waals surface area contributed by atoms with Crippen LogP contribution in [0, 0.1) is 0 Å². The lowest BCUT2D eigenvalue weighted by atomic mass is 9.98. The molecule has 4 nitrogen and oxygen atoms in total. The maximum Gasteiger partial charge on any atom is 0.257 e. The molecule has 1 amide bonds. The minimum atomic E-state index is -0.222. The predicted octanol–water partition coefficient (Wildman–Crippen LogP) is 4.27. The molecule has 0 aromatic heterocycles. The van der Waals surface area contributed by atoms with Crippen molar-refractivity contribution in [3.05, 3.63) is 59.2 Å². The molecule has 2 aromatic carbocycles. The van der Waals surface area contributed by atoms with Crippen LogP contribution in [0.25, 0.3) is 0 Å². The van der Waals surface area contributed by atoms with Crippen molar-refractivity contribution in [2.45, 2.75) is 39.7 Å². The lowest BCUT2D eigenvalue weighted by Crippen LogP contribution is -2.31. The van der Waals surface area contributed by atoms with Gasteiger partial charge in [0.1, 0.15) is 11.5 Å². The summed E-state index contributed by atoms with van der Waals surface area (Å²) < 4.78 is 0. The fourth-order valence-electron chi connectivity index (χ4n) is 2.72. The van der Waals surface area contributed by atoms with Crippen LogP contribution in [0.4, 0.5) is 0 Å². The van der Waals surface area contributed by atoms with Crippen LogP contribution in [0.5, 0.6) is 11.5 Å². The largest absolute Gasteiger partial charge is 0.508 e. The minimum absolute atomic E-state index is 0.0177. The van der Waals surface area contributed by atoms with E-state index in [0.717, 1.165) is 12.0 Å². The fraction of sp³-hybridized carbons (Fsp3) is 0.350. The molecule has 0 aliphatic rings. The fourth-order valence-corrected chi connectivity index (χ4v) is 2.72. The molecule has 24 heavy (non-hydrogen) atoms. The van der Waals surface area contributed by atoms with E-state index in [2.05, 4.69) is 0 Å². The minimum Gasteiger partial charge on any atom is -0.508 e.